The van der Waals surface area contributed by atoms with E-state index in [0.717, 1.165) is 5.92 Å². The second kappa shape index (κ2) is 5.83. The van der Waals surface area contributed by atoms with Crippen molar-refractivity contribution in [2.75, 3.05) is 6.54 Å². The van der Waals surface area contributed by atoms with Crippen LogP contribution in [-0.2, 0) is 0 Å². The number of hydrogen-bond acceptors (Lipinski definition) is 1. The molecule has 1 aliphatic carbocycles. The van der Waals surface area contributed by atoms with Gasteiger partial charge in [-0.05, 0) is 49.9 Å². The normalized spacial score (nSPS) is 18.9. The number of benzene rings is 1. The maximum absolute atomic E-state index is 3.65. The highest BCUT2D eigenvalue weighted by atomic mass is 79.9. The van der Waals surface area contributed by atoms with Gasteiger partial charge >= 0.3 is 0 Å². The first-order valence-corrected chi connectivity index (χ1v) is 7.04. The van der Waals surface area contributed by atoms with Gasteiger partial charge < -0.3 is 5.32 Å². The van der Waals surface area contributed by atoms with E-state index in [9.17, 15) is 0 Å². The van der Waals surface area contributed by atoms with Crippen LogP contribution in [0.3, 0.4) is 0 Å². The van der Waals surface area contributed by atoms with Gasteiger partial charge in [0.05, 0.1) is 0 Å². The van der Waals surface area contributed by atoms with Gasteiger partial charge in [0.2, 0.25) is 0 Å². The summed E-state index contributed by atoms with van der Waals surface area (Å²) >= 11 is 3.52. The number of nitrogens with one attached hydrogen (secondary N) is 1. The fourth-order valence-corrected chi connectivity index (χ4v) is 2.87. The molecule has 1 N–H and O–H groups in total. The minimum Gasteiger partial charge on any atom is -0.310 e. The molecule has 0 aromatic heterocycles. The predicted molar refractivity (Wildman–Crippen MR) is 72.5 cm³/mol. The molecule has 0 unspecified atom stereocenters. The molecular weight excluding hydrogens is 262 g/mol. The topological polar surface area (TPSA) is 12.0 Å². The second-order valence-electron chi connectivity index (χ2n) is 4.84. The van der Waals surface area contributed by atoms with Gasteiger partial charge in [0, 0.05) is 10.5 Å². The zero-order valence-corrected chi connectivity index (χ0v) is 11.5. The lowest BCUT2D eigenvalue weighted by atomic mass is 10.1. The number of halogens is 1. The smallest absolute Gasteiger partial charge is 0.0292 e. The maximum Gasteiger partial charge on any atom is 0.0292 e. The third kappa shape index (κ3) is 3.33. The van der Waals surface area contributed by atoms with Crippen molar-refractivity contribution in [2.45, 2.75) is 38.6 Å². The predicted octanol–water partition coefficient (Wildman–Crippen LogP) is 4.29. The highest BCUT2D eigenvalue weighted by Crippen LogP contribution is 2.25. The molecule has 0 amide bonds. The van der Waals surface area contributed by atoms with E-state index < -0.39 is 0 Å². The van der Waals surface area contributed by atoms with Crippen LogP contribution in [0.15, 0.2) is 28.7 Å². The Morgan fingerprint density at radius 1 is 1.38 bits per heavy atom. The standard InChI is InChI=1S/C14H20BrN/c1-11(13-7-4-8-14(15)9-13)16-10-12-5-2-3-6-12/h4,7-9,11-12,16H,2-3,5-6,10H2,1H3/t11-/m0/s1. The van der Waals surface area contributed by atoms with E-state index in [1.807, 2.05) is 0 Å². The van der Waals surface area contributed by atoms with Gasteiger partial charge in [0.15, 0.2) is 0 Å². The molecule has 1 aromatic carbocycles. The van der Waals surface area contributed by atoms with Gasteiger partial charge in [-0.3, -0.25) is 0 Å². The molecular formula is C14H20BrN. The Labute approximate surface area is 107 Å². The molecule has 2 heteroatoms. The molecule has 0 bridgehead atoms. The molecule has 1 nitrogen and oxygen atoms in total. The summed E-state index contributed by atoms with van der Waals surface area (Å²) in [4.78, 5) is 0. The number of rotatable bonds is 4. The molecule has 1 fully saturated rings. The van der Waals surface area contributed by atoms with Crippen molar-refractivity contribution in [2.24, 2.45) is 5.92 Å². The van der Waals surface area contributed by atoms with E-state index in [-0.39, 0.29) is 0 Å². The van der Waals surface area contributed by atoms with E-state index in [1.165, 1.54) is 42.3 Å². The SMILES string of the molecule is C[C@H](NCC1CCCC1)c1cccc(Br)c1. The van der Waals surface area contributed by atoms with Crippen molar-refractivity contribution in [1.82, 2.24) is 5.32 Å². The van der Waals surface area contributed by atoms with Crippen LogP contribution in [0, 0.1) is 5.92 Å². The molecule has 1 atom stereocenters. The summed E-state index contributed by atoms with van der Waals surface area (Å²) in [6.45, 7) is 3.42. The van der Waals surface area contributed by atoms with Crippen LogP contribution in [0.4, 0.5) is 0 Å². The van der Waals surface area contributed by atoms with E-state index in [1.54, 1.807) is 0 Å². The van der Waals surface area contributed by atoms with Crippen LogP contribution in [0.1, 0.15) is 44.2 Å². The minimum absolute atomic E-state index is 0.457. The average molecular weight is 282 g/mol. The minimum atomic E-state index is 0.457. The Kier molecular flexibility index (Phi) is 4.42. The zero-order valence-electron chi connectivity index (χ0n) is 9.88. The van der Waals surface area contributed by atoms with Gasteiger partial charge in [-0.25, -0.2) is 0 Å². The third-order valence-electron chi connectivity index (χ3n) is 3.54. The van der Waals surface area contributed by atoms with Crippen LogP contribution in [0.2, 0.25) is 0 Å². The molecule has 16 heavy (non-hydrogen) atoms. The van der Waals surface area contributed by atoms with Crippen LogP contribution < -0.4 is 5.32 Å². The Morgan fingerprint density at radius 2 is 2.12 bits per heavy atom. The molecule has 1 aliphatic rings. The molecule has 2 rings (SSSR count). The Balaban J connectivity index is 1.85. The van der Waals surface area contributed by atoms with Crippen molar-refractivity contribution in [3.8, 4) is 0 Å². The van der Waals surface area contributed by atoms with Crippen molar-refractivity contribution in [1.29, 1.82) is 0 Å². The third-order valence-corrected chi connectivity index (χ3v) is 4.03. The largest absolute Gasteiger partial charge is 0.310 e. The quantitative estimate of drug-likeness (QED) is 0.868. The van der Waals surface area contributed by atoms with E-state index >= 15 is 0 Å². The van der Waals surface area contributed by atoms with Crippen LogP contribution in [-0.4, -0.2) is 6.54 Å². The summed E-state index contributed by atoms with van der Waals surface area (Å²) in [5.74, 6) is 0.912. The molecule has 0 aliphatic heterocycles. The maximum atomic E-state index is 3.65. The first-order chi connectivity index (χ1) is 7.75. The lowest BCUT2D eigenvalue weighted by Crippen LogP contribution is -2.24. The summed E-state index contributed by atoms with van der Waals surface area (Å²) in [5.41, 5.74) is 1.37. The number of hydrogen-bond donors (Lipinski definition) is 1. The van der Waals surface area contributed by atoms with Gasteiger partial charge in [-0.2, -0.15) is 0 Å². The second-order valence-corrected chi connectivity index (χ2v) is 5.75. The summed E-state index contributed by atoms with van der Waals surface area (Å²) in [6.07, 6.45) is 5.69. The van der Waals surface area contributed by atoms with Crippen LogP contribution >= 0.6 is 15.9 Å². The van der Waals surface area contributed by atoms with E-state index in [4.69, 9.17) is 0 Å². The Morgan fingerprint density at radius 3 is 2.81 bits per heavy atom. The lowest BCUT2D eigenvalue weighted by molar-refractivity contribution is 0.452. The summed E-state index contributed by atoms with van der Waals surface area (Å²) in [6, 6.07) is 9.03. The summed E-state index contributed by atoms with van der Waals surface area (Å²) in [5, 5.41) is 3.65. The van der Waals surface area contributed by atoms with Crippen molar-refractivity contribution < 1.29 is 0 Å². The van der Waals surface area contributed by atoms with Crippen LogP contribution in [0.25, 0.3) is 0 Å². The first kappa shape index (κ1) is 12.1. The highest BCUT2D eigenvalue weighted by Gasteiger charge is 2.15. The van der Waals surface area contributed by atoms with Gasteiger partial charge in [-0.1, -0.05) is 40.9 Å². The van der Waals surface area contributed by atoms with Gasteiger partial charge in [-0.15, -0.1) is 0 Å². The summed E-state index contributed by atoms with van der Waals surface area (Å²) < 4.78 is 1.17. The first-order valence-electron chi connectivity index (χ1n) is 6.24. The molecule has 88 valence electrons. The van der Waals surface area contributed by atoms with Gasteiger partial charge in [0.25, 0.3) is 0 Å². The molecule has 1 saturated carbocycles. The van der Waals surface area contributed by atoms with E-state index in [2.05, 4.69) is 52.4 Å². The zero-order chi connectivity index (χ0) is 11.4. The molecule has 0 saturated heterocycles. The molecule has 0 radical (unpaired) electrons. The van der Waals surface area contributed by atoms with E-state index in [0.29, 0.717) is 6.04 Å². The fraction of sp³-hybridized carbons (Fsp3) is 0.571. The van der Waals surface area contributed by atoms with Gasteiger partial charge in [0.1, 0.15) is 0 Å². The Bertz CT molecular complexity index is 331. The fourth-order valence-electron chi connectivity index (χ4n) is 2.45. The van der Waals surface area contributed by atoms with Crippen molar-refractivity contribution in [3.05, 3.63) is 34.3 Å². The molecule has 0 spiro atoms. The van der Waals surface area contributed by atoms with Crippen molar-refractivity contribution >= 4 is 15.9 Å². The lowest BCUT2D eigenvalue weighted by Gasteiger charge is -2.17. The van der Waals surface area contributed by atoms with Crippen molar-refractivity contribution in [3.63, 3.8) is 0 Å². The van der Waals surface area contributed by atoms with Crippen LogP contribution in [0.5, 0.6) is 0 Å². The average Bonchev–Trinajstić information content (AvgIpc) is 2.78. The molecule has 1 aromatic rings. The Hall–Kier alpha value is -0.340. The monoisotopic (exact) mass is 281 g/mol. The highest BCUT2D eigenvalue weighted by molar-refractivity contribution is 9.10. The molecule has 0 heterocycles. The summed E-state index contributed by atoms with van der Waals surface area (Å²) in [7, 11) is 0.